The van der Waals surface area contributed by atoms with Crippen LogP contribution in [0.15, 0.2) is 22.7 Å². The second kappa shape index (κ2) is 5.66. The van der Waals surface area contributed by atoms with E-state index in [2.05, 4.69) is 28.9 Å². The fourth-order valence-corrected chi connectivity index (χ4v) is 3.84. The highest BCUT2D eigenvalue weighted by Gasteiger charge is 2.43. The zero-order valence-corrected chi connectivity index (χ0v) is 13.5. The zero-order valence-electron chi connectivity index (χ0n) is 11.9. The summed E-state index contributed by atoms with van der Waals surface area (Å²) in [6.07, 6.45) is 5.36. The summed E-state index contributed by atoms with van der Waals surface area (Å²) in [4.78, 5) is 0. The van der Waals surface area contributed by atoms with Gasteiger partial charge in [0.15, 0.2) is 0 Å². The van der Waals surface area contributed by atoms with E-state index in [1.54, 1.807) is 0 Å². The first-order chi connectivity index (χ1) is 9.62. The van der Waals surface area contributed by atoms with Crippen molar-refractivity contribution in [2.75, 3.05) is 6.61 Å². The molecule has 3 nitrogen and oxygen atoms in total. The molecule has 0 aromatic heterocycles. The highest BCUT2D eigenvalue weighted by atomic mass is 79.9. The molecular weight excluding hydrogens is 318 g/mol. The second-order valence-electron chi connectivity index (χ2n) is 6.01. The lowest BCUT2D eigenvalue weighted by atomic mass is 9.79. The lowest BCUT2D eigenvalue weighted by molar-refractivity contribution is -0.103. The van der Waals surface area contributed by atoms with Crippen molar-refractivity contribution >= 4 is 15.9 Å². The van der Waals surface area contributed by atoms with Crippen molar-refractivity contribution < 1.29 is 9.47 Å². The lowest BCUT2D eigenvalue weighted by Gasteiger charge is -2.46. The van der Waals surface area contributed by atoms with Crippen LogP contribution in [0, 0.1) is 0 Å². The molecule has 0 radical (unpaired) electrons. The summed E-state index contributed by atoms with van der Waals surface area (Å²) < 4.78 is 13.3. The maximum absolute atomic E-state index is 6.40. The topological polar surface area (TPSA) is 44.5 Å². The van der Waals surface area contributed by atoms with Gasteiger partial charge in [0.2, 0.25) is 0 Å². The molecule has 0 bridgehead atoms. The van der Waals surface area contributed by atoms with Crippen LogP contribution in [-0.2, 0) is 4.74 Å². The largest absolute Gasteiger partial charge is 0.487 e. The van der Waals surface area contributed by atoms with Crippen molar-refractivity contribution in [3.63, 3.8) is 0 Å². The van der Waals surface area contributed by atoms with E-state index < -0.39 is 0 Å². The maximum atomic E-state index is 6.40. The number of ether oxygens (including phenoxy) is 2. The van der Waals surface area contributed by atoms with Crippen LogP contribution in [-0.4, -0.2) is 18.3 Å². The Morgan fingerprint density at radius 3 is 3.05 bits per heavy atom. The van der Waals surface area contributed by atoms with Gasteiger partial charge in [-0.25, -0.2) is 0 Å². The molecule has 1 spiro atoms. The molecule has 3 rings (SSSR count). The van der Waals surface area contributed by atoms with Crippen LogP contribution in [0.25, 0.3) is 0 Å². The summed E-state index contributed by atoms with van der Waals surface area (Å²) >= 11 is 3.50. The molecule has 1 aromatic rings. The standard InChI is InChI=1S/C16H22BrNO2/c1-2-3-12-9-16(6-7-19-12)10-14(18)13-8-11(17)4-5-15(13)20-16/h4-5,8,12,14H,2-3,6-7,9-10,18H2,1H3/t12?,14-,16?/m0/s1. The summed E-state index contributed by atoms with van der Waals surface area (Å²) in [6.45, 7) is 2.98. The Morgan fingerprint density at radius 1 is 1.40 bits per heavy atom. The molecule has 0 aliphatic carbocycles. The van der Waals surface area contributed by atoms with Crippen LogP contribution >= 0.6 is 15.9 Å². The third-order valence-corrected chi connectivity index (χ3v) is 4.90. The summed E-state index contributed by atoms with van der Waals surface area (Å²) in [6, 6.07) is 6.18. The summed E-state index contributed by atoms with van der Waals surface area (Å²) in [5.74, 6) is 0.948. The Labute approximate surface area is 129 Å². The molecule has 0 saturated carbocycles. The first kappa shape index (κ1) is 14.4. The van der Waals surface area contributed by atoms with E-state index >= 15 is 0 Å². The molecule has 2 heterocycles. The quantitative estimate of drug-likeness (QED) is 0.887. The normalized spacial score (nSPS) is 32.8. The van der Waals surface area contributed by atoms with Crippen molar-refractivity contribution in [3.8, 4) is 5.75 Å². The fourth-order valence-electron chi connectivity index (χ4n) is 3.46. The molecule has 2 aliphatic rings. The van der Waals surface area contributed by atoms with Crippen LogP contribution in [0.4, 0.5) is 0 Å². The van der Waals surface area contributed by atoms with E-state index in [0.29, 0.717) is 6.10 Å². The SMILES string of the molecule is CCCC1CC2(CCO1)C[C@H](N)c1cc(Br)ccc1O2. The molecule has 2 aliphatic heterocycles. The van der Waals surface area contributed by atoms with Gasteiger partial charge >= 0.3 is 0 Å². The fraction of sp³-hybridized carbons (Fsp3) is 0.625. The minimum Gasteiger partial charge on any atom is -0.487 e. The minimum absolute atomic E-state index is 0.0524. The summed E-state index contributed by atoms with van der Waals surface area (Å²) in [5.41, 5.74) is 7.39. The van der Waals surface area contributed by atoms with Gasteiger partial charge in [0.05, 0.1) is 12.7 Å². The number of fused-ring (bicyclic) bond motifs is 1. The van der Waals surface area contributed by atoms with E-state index in [1.807, 2.05) is 12.1 Å². The zero-order chi connectivity index (χ0) is 14.2. The average Bonchev–Trinajstić information content (AvgIpc) is 2.40. The predicted molar refractivity (Wildman–Crippen MR) is 82.9 cm³/mol. The van der Waals surface area contributed by atoms with E-state index in [4.69, 9.17) is 15.2 Å². The van der Waals surface area contributed by atoms with Crippen LogP contribution in [0.5, 0.6) is 5.75 Å². The number of rotatable bonds is 2. The maximum Gasteiger partial charge on any atom is 0.124 e. The second-order valence-corrected chi connectivity index (χ2v) is 6.93. The molecule has 1 saturated heterocycles. The average molecular weight is 340 g/mol. The Morgan fingerprint density at radius 2 is 2.25 bits per heavy atom. The predicted octanol–water partition coefficient (Wildman–Crippen LogP) is 3.95. The molecule has 1 aromatic carbocycles. The van der Waals surface area contributed by atoms with Crippen LogP contribution in [0.1, 0.15) is 50.6 Å². The lowest BCUT2D eigenvalue weighted by Crippen LogP contribution is -2.49. The van der Waals surface area contributed by atoms with Crippen molar-refractivity contribution in [1.29, 1.82) is 0 Å². The highest BCUT2D eigenvalue weighted by molar-refractivity contribution is 9.10. The first-order valence-electron chi connectivity index (χ1n) is 7.47. The molecule has 2 N–H and O–H groups in total. The first-order valence-corrected chi connectivity index (χ1v) is 8.27. The van der Waals surface area contributed by atoms with Crippen molar-refractivity contribution in [2.24, 2.45) is 5.73 Å². The Balaban J connectivity index is 1.84. The summed E-state index contributed by atoms with van der Waals surface area (Å²) in [5, 5.41) is 0. The van der Waals surface area contributed by atoms with Crippen molar-refractivity contribution in [2.45, 2.75) is 56.8 Å². The van der Waals surface area contributed by atoms with E-state index in [1.165, 1.54) is 0 Å². The molecule has 4 heteroatoms. The summed E-state index contributed by atoms with van der Waals surface area (Å²) in [7, 11) is 0. The number of halogens is 1. The monoisotopic (exact) mass is 339 g/mol. The van der Waals surface area contributed by atoms with Gasteiger partial charge in [-0.1, -0.05) is 29.3 Å². The number of hydrogen-bond acceptors (Lipinski definition) is 3. The van der Waals surface area contributed by atoms with Gasteiger partial charge in [0.1, 0.15) is 11.4 Å². The number of nitrogens with two attached hydrogens (primary N) is 1. The smallest absolute Gasteiger partial charge is 0.124 e. The van der Waals surface area contributed by atoms with E-state index in [9.17, 15) is 0 Å². The molecule has 3 atom stereocenters. The van der Waals surface area contributed by atoms with Crippen molar-refractivity contribution in [1.82, 2.24) is 0 Å². The van der Waals surface area contributed by atoms with Gasteiger partial charge in [0.25, 0.3) is 0 Å². The molecule has 20 heavy (non-hydrogen) atoms. The molecule has 110 valence electrons. The van der Waals surface area contributed by atoms with Gasteiger partial charge in [-0.05, 0) is 24.6 Å². The van der Waals surface area contributed by atoms with Gasteiger partial charge in [-0.3, -0.25) is 0 Å². The van der Waals surface area contributed by atoms with Crippen LogP contribution in [0.2, 0.25) is 0 Å². The Hall–Kier alpha value is -0.580. The molecule has 0 amide bonds. The molecule has 1 fully saturated rings. The highest BCUT2D eigenvalue weighted by Crippen LogP contribution is 2.45. The third-order valence-electron chi connectivity index (χ3n) is 4.41. The molecular formula is C16H22BrNO2. The van der Waals surface area contributed by atoms with Gasteiger partial charge < -0.3 is 15.2 Å². The number of benzene rings is 1. The van der Waals surface area contributed by atoms with Crippen LogP contribution < -0.4 is 10.5 Å². The van der Waals surface area contributed by atoms with Crippen LogP contribution in [0.3, 0.4) is 0 Å². The van der Waals surface area contributed by atoms with E-state index in [0.717, 1.165) is 54.5 Å². The van der Waals surface area contributed by atoms with Gasteiger partial charge in [0, 0.05) is 35.3 Å². The van der Waals surface area contributed by atoms with Gasteiger partial charge in [-0.15, -0.1) is 0 Å². The third kappa shape index (κ3) is 2.74. The molecule has 2 unspecified atom stereocenters. The van der Waals surface area contributed by atoms with Crippen molar-refractivity contribution in [3.05, 3.63) is 28.2 Å². The van der Waals surface area contributed by atoms with Gasteiger partial charge in [-0.2, -0.15) is 0 Å². The Bertz CT molecular complexity index is 491. The van der Waals surface area contributed by atoms with E-state index in [-0.39, 0.29) is 11.6 Å². The minimum atomic E-state index is -0.127. The Kier molecular flexibility index (Phi) is 4.07. The number of hydrogen-bond donors (Lipinski definition) is 1.